The van der Waals surface area contributed by atoms with Gasteiger partial charge in [0.2, 0.25) is 0 Å². The van der Waals surface area contributed by atoms with Crippen molar-refractivity contribution in [3.05, 3.63) is 44.6 Å². The van der Waals surface area contributed by atoms with Crippen molar-refractivity contribution in [2.75, 3.05) is 44.3 Å². The van der Waals surface area contributed by atoms with Gasteiger partial charge in [0.05, 0.1) is 32.6 Å². The first kappa shape index (κ1) is 20.8. The number of hydrogen-bond donors (Lipinski definition) is 0. The van der Waals surface area contributed by atoms with Gasteiger partial charge in [-0.25, -0.2) is 4.98 Å². The van der Waals surface area contributed by atoms with Crippen molar-refractivity contribution in [3.8, 4) is 0 Å². The van der Waals surface area contributed by atoms with Crippen LogP contribution < -0.4 is 4.90 Å². The van der Waals surface area contributed by atoms with E-state index in [0.717, 1.165) is 54.6 Å². The van der Waals surface area contributed by atoms with Crippen LogP contribution in [0.3, 0.4) is 0 Å². The molecule has 2 aromatic heterocycles. The highest BCUT2D eigenvalue weighted by atomic mass is 35.5. The number of ether oxygens (including phenoxy) is 1. The second-order valence-electron chi connectivity index (χ2n) is 7.27. The van der Waals surface area contributed by atoms with E-state index in [2.05, 4.69) is 30.9 Å². The van der Waals surface area contributed by atoms with Gasteiger partial charge in [-0.15, -0.1) is 11.3 Å². The average Bonchev–Trinajstić information content (AvgIpc) is 3.32. The SMILES string of the molecule is Cc1cc2nc(N(CCCN3CCOCC3)C(=O)c3ccc(Cl)s3)sc2cc1C. The van der Waals surface area contributed by atoms with Crippen molar-refractivity contribution in [1.82, 2.24) is 9.88 Å². The lowest BCUT2D eigenvalue weighted by atomic mass is 10.1. The fourth-order valence-electron chi connectivity index (χ4n) is 3.41. The zero-order valence-electron chi connectivity index (χ0n) is 16.6. The molecule has 1 aliphatic rings. The number of anilines is 1. The van der Waals surface area contributed by atoms with E-state index in [-0.39, 0.29) is 5.91 Å². The Balaban J connectivity index is 1.57. The minimum absolute atomic E-state index is 0.0311. The normalized spacial score (nSPS) is 15.1. The van der Waals surface area contributed by atoms with Crippen LogP contribution in [0.4, 0.5) is 5.13 Å². The van der Waals surface area contributed by atoms with E-state index < -0.39 is 0 Å². The summed E-state index contributed by atoms with van der Waals surface area (Å²) >= 11 is 8.97. The molecule has 3 aromatic rings. The number of rotatable bonds is 6. The summed E-state index contributed by atoms with van der Waals surface area (Å²) in [7, 11) is 0. The van der Waals surface area contributed by atoms with Gasteiger partial charge in [0, 0.05) is 26.2 Å². The molecule has 8 heteroatoms. The Kier molecular flexibility index (Phi) is 6.51. The van der Waals surface area contributed by atoms with Crippen molar-refractivity contribution in [2.24, 2.45) is 0 Å². The van der Waals surface area contributed by atoms with Crippen LogP contribution in [0.1, 0.15) is 27.2 Å². The van der Waals surface area contributed by atoms with Crippen LogP contribution in [0.2, 0.25) is 4.34 Å². The summed E-state index contributed by atoms with van der Waals surface area (Å²) in [5.74, 6) is -0.0311. The first-order chi connectivity index (χ1) is 14.0. The van der Waals surface area contributed by atoms with E-state index >= 15 is 0 Å². The largest absolute Gasteiger partial charge is 0.379 e. The van der Waals surface area contributed by atoms with Crippen molar-refractivity contribution < 1.29 is 9.53 Å². The van der Waals surface area contributed by atoms with Gasteiger partial charge < -0.3 is 4.74 Å². The molecule has 5 nitrogen and oxygen atoms in total. The fourth-order valence-corrected chi connectivity index (χ4v) is 5.47. The van der Waals surface area contributed by atoms with Gasteiger partial charge in [-0.1, -0.05) is 22.9 Å². The molecule has 1 amide bonds. The second kappa shape index (κ2) is 9.10. The molecule has 1 aromatic carbocycles. The quantitative estimate of drug-likeness (QED) is 0.531. The summed E-state index contributed by atoms with van der Waals surface area (Å²) < 4.78 is 7.15. The first-order valence-electron chi connectivity index (χ1n) is 9.76. The third-order valence-electron chi connectivity index (χ3n) is 5.21. The van der Waals surface area contributed by atoms with Crippen molar-refractivity contribution >= 4 is 55.5 Å². The highest BCUT2D eigenvalue weighted by Crippen LogP contribution is 2.33. The van der Waals surface area contributed by atoms with E-state index in [1.54, 1.807) is 23.5 Å². The number of thiazole rings is 1. The molecule has 1 aliphatic heterocycles. The second-order valence-corrected chi connectivity index (χ2v) is 9.99. The summed E-state index contributed by atoms with van der Waals surface area (Å²) in [6.07, 6.45) is 0.888. The van der Waals surface area contributed by atoms with E-state index in [4.69, 9.17) is 21.3 Å². The Morgan fingerprint density at radius 3 is 2.69 bits per heavy atom. The maximum Gasteiger partial charge on any atom is 0.270 e. The zero-order valence-corrected chi connectivity index (χ0v) is 19.0. The number of aromatic nitrogens is 1. The zero-order chi connectivity index (χ0) is 20.4. The number of fused-ring (bicyclic) bond motifs is 1. The van der Waals surface area contributed by atoms with Gasteiger partial charge in [-0.05, 0) is 55.7 Å². The fraction of sp³-hybridized carbons (Fsp3) is 0.429. The summed E-state index contributed by atoms with van der Waals surface area (Å²) in [6.45, 7) is 9.24. The molecule has 0 saturated carbocycles. The molecule has 0 atom stereocenters. The van der Waals surface area contributed by atoms with E-state index in [9.17, 15) is 4.79 Å². The van der Waals surface area contributed by atoms with Crippen LogP contribution >= 0.6 is 34.3 Å². The van der Waals surface area contributed by atoms with Gasteiger partial charge in [0.25, 0.3) is 5.91 Å². The van der Waals surface area contributed by atoms with Crippen LogP contribution in [0.5, 0.6) is 0 Å². The number of thiophene rings is 1. The summed E-state index contributed by atoms with van der Waals surface area (Å²) in [4.78, 5) is 22.9. The molecule has 0 radical (unpaired) electrons. The minimum atomic E-state index is -0.0311. The Morgan fingerprint density at radius 1 is 1.21 bits per heavy atom. The summed E-state index contributed by atoms with van der Waals surface area (Å²) in [5.41, 5.74) is 3.40. The number of carbonyl (C=O) groups is 1. The predicted molar refractivity (Wildman–Crippen MR) is 122 cm³/mol. The number of amides is 1. The molecular weight excluding hydrogens is 426 g/mol. The topological polar surface area (TPSA) is 45.7 Å². The number of nitrogens with zero attached hydrogens (tertiary/aromatic N) is 3. The standard InChI is InChI=1S/C21H24ClN3O2S2/c1-14-12-16-18(13-15(14)2)29-21(23-16)25(20(26)17-4-5-19(22)28-17)7-3-6-24-8-10-27-11-9-24/h4-5,12-13H,3,6-11H2,1-2H3. The molecule has 29 heavy (non-hydrogen) atoms. The highest BCUT2D eigenvalue weighted by Gasteiger charge is 2.23. The van der Waals surface area contributed by atoms with Crippen LogP contribution in [0, 0.1) is 13.8 Å². The van der Waals surface area contributed by atoms with Crippen LogP contribution in [-0.2, 0) is 4.74 Å². The van der Waals surface area contributed by atoms with Gasteiger partial charge in [-0.2, -0.15) is 0 Å². The lowest BCUT2D eigenvalue weighted by molar-refractivity contribution is 0.0376. The average molecular weight is 450 g/mol. The Labute approximate surface area is 183 Å². The molecule has 1 fully saturated rings. The maximum absolute atomic E-state index is 13.3. The predicted octanol–water partition coefficient (Wildman–Crippen LogP) is 5.00. The molecule has 1 saturated heterocycles. The molecular formula is C21H24ClN3O2S2. The van der Waals surface area contributed by atoms with Gasteiger partial charge in [0.1, 0.15) is 0 Å². The third kappa shape index (κ3) is 4.81. The summed E-state index contributed by atoms with van der Waals surface area (Å²) in [6, 6.07) is 7.83. The lowest BCUT2D eigenvalue weighted by Crippen LogP contribution is -2.39. The lowest BCUT2D eigenvalue weighted by Gasteiger charge is -2.27. The number of carbonyl (C=O) groups excluding carboxylic acids is 1. The Bertz CT molecular complexity index is 972. The molecule has 3 heterocycles. The molecule has 0 aliphatic carbocycles. The molecule has 0 unspecified atom stereocenters. The van der Waals surface area contributed by atoms with Crippen LogP contribution in [-0.4, -0.2) is 55.2 Å². The van der Waals surface area contributed by atoms with Gasteiger partial charge >= 0.3 is 0 Å². The first-order valence-corrected chi connectivity index (χ1v) is 11.8. The summed E-state index contributed by atoms with van der Waals surface area (Å²) in [5, 5.41) is 0.751. The highest BCUT2D eigenvalue weighted by molar-refractivity contribution is 7.22. The molecule has 154 valence electrons. The number of morpholine rings is 1. The smallest absolute Gasteiger partial charge is 0.270 e. The Hall–Kier alpha value is -1.51. The molecule has 4 rings (SSSR count). The van der Waals surface area contributed by atoms with Crippen molar-refractivity contribution in [3.63, 3.8) is 0 Å². The van der Waals surface area contributed by atoms with Crippen LogP contribution in [0.25, 0.3) is 10.2 Å². The van der Waals surface area contributed by atoms with Gasteiger partial charge in [0.15, 0.2) is 5.13 Å². The monoisotopic (exact) mass is 449 g/mol. The van der Waals surface area contributed by atoms with Crippen LogP contribution in [0.15, 0.2) is 24.3 Å². The van der Waals surface area contributed by atoms with Crippen molar-refractivity contribution in [1.29, 1.82) is 0 Å². The Morgan fingerprint density at radius 2 is 1.97 bits per heavy atom. The number of aryl methyl sites for hydroxylation is 2. The number of hydrogen-bond acceptors (Lipinski definition) is 6. The van der Waals surface area contributed by atoms with E-state index in [1.165, 1.54) is 22.5 Å². The van der Waals surface area contributed by atoms with Gasteiger partial charge in [-0.3, -0.25) is 14.6 Å². The molecule has 0 N–H and O–H groups in total. The molecule has 0 bridgehead atoms. The van der Waals surface area contributed by atoms with E-state index in [0.29, 0.717) is 15.8 Å². The maximum atomic E-state index is 13.3. The third-order valence-corrected chi connectivity index (χ3v) is 7.47. The minimum Gasteiger partial charge on any atom is -0.379 e. The number of benzene rings is 1. The number of halogens is 1. The van der Waals surface area contributed by atoms with E-state index in [1.807, 2.05) is 4.90 Å². The molecule has 0 spiro atoms. The van der Waals surface area contributed by atoms with Crippen molar-refractivity contribution in [2.45, 2.75) is 20.3 Å².